The van der Waals surface area contributed by atoms with Crippen LogP contribution < -0.4 is 0 Å². The molecule has 5 heteroatoms. The van der Waals surface area contributed by atoms with E-state index in [1.54, 1.807) is 12.1 Å². The van der Waals surface area contributed by atoms with Crippen molar-refractivity contribution < 1.29 is 4.92 Å². The molecule has 0 aromatic heterocycles. The lowest BCUT2D eigenvalue weighted by Crippen LogP contribution is -2.29. The van der Waals surface area contributed by atoms with Crippen molar-refractivity contribution in [3.05, 3.63) is 148 Å². The lowest BCUT2D eigenvalue weighted by molar-refractivity contribution is -0.384. The van der Waals surface area contributed by atoms with E-state index in [0.717, 1.165) is 16.8 Å². The highest BCUT2D eigenvalue weighted by molar-refractivity contribution is 6.07. The lowest BCUT2D eigenvalue weighted by Gasteiger charge is -2.32. The van der Waals surface area contributed by atoms with Crippen molar-refractivity contribution in [2.75, 3.05) is 0 Å². The van der Waals surface area contributed by atoms with Gasteiger partial charge in [-0.05, 0) is 34.4 Å². The number of non-ortho nitro benzene ring substituents is 1. The van der Waals surface area contributed by atoms with Crippen LogP contribution >= 0.6 is 0 Å². The second-order valence-electron chi connectivity index (χ2n) is 8.78. The molecule has 34 heavy (non-hydrogen) atoms. The molecule has 166 valence electrons. The molecule has 2 aliphatic heterocycles. The Labute approximate surface area is 198 Å². The first-order chi connectivity index (χ1) is 16.7. The van der Waals surface area contributed by atoms with Gasteiger partial charge in [0.05, 0.1) is 34.8 Å². The van der Waals surface area contributed by atoms with Gasteiger partial charge in [-0.1, -0.05) is 91.0 Å². The normalized spacial score (nSPS) is 25.2. The van der Waals surface area contributed by atoms with Crippen LogP contribution in [0, 0.1) is 10.1 Å². The minimum absolute atomic E-state index is 0.0845. The highest BCUT2D eigenvalue weighted by Crippen LogP contribution is 2.58. The van der Waals surface area contributed by atoms with E-state index in [-0.39, 0.29) is 34.8 Å². The number of rotatable bonds is 5. The van der Waals surface area contributed by atoms with Crippen LogP contribution in [0.4, 0.5) is 5.69 Å². The van der Waals surface area contributed by atoms with Crippen LogP contribution in [-0.4, -0.2) is 21.6 Å². The Bertz CT molecular complexity index is 1340. The molecule has 1 fully saturated rings. The van der Waals surface area contributed by atoms with Crippen LogP contribution in [0.2, 0.25) is 0 Å². The summed E-state index contributed by atoms with van der Waals surface area (Å²) >= 11 is 0. The first kappa shape index (κ1) is 20.5. The number of benzene rings is 4. The van der Waals surface area contributed by atoms with E-state index in [2.05, 4.69) is 77.7 Å². The molecule has 0 saturated carbocycles. The molecule has 2 aliphatic rings. The Morgan fingerprint density at radius 1 is 0.618 bits per heavy atom. The molecule has 6 rings (SSSR count). The third-order valence-corrected chi connectivity index (χ3v) is 6.83. The standard InChI is InChI=1S/C29H23N3O2/c33-32(34)24-18-16-21(17-19-24)26-29-28(23-14-8-3-9-15-23)31(29)27(22-12-6-2-7-13-22)25(30-26)20-10-4-1-5-11-20/h1-19,25,27-29H/t25-,27-,28+,29+,31?/m0/s1. The Hall–Kier alpha value is -4.09. The van der Waals surface area contributed by atoms with Gasteiger partial charge in [0.2, 0.25) is 0 Å². The Kier molecular flexibility index (Phi) is 5.04. The first-order valence-electron chi connectivity index (χ1n) is 11.5. The van der Waals surface area contributed by atoms with E-state index in [9.17, 15) is 10.1 Å². The van der Waals surface area contributed by atoms with Gasteiger partial charge < -0.3 is 0 Å². The number of nitrogens with zero attached hydrogens (tertiary/aromatic N) is 3. The average Bonchev–Trinajstić information content (AvgIpc) is 3.65. The van der Waals surface area contributed by atoms with Gasteiger partial charge in [-0.25, -0.2) is 0 Å². The van der Waals surface area contributed by atoms with Crippen LogP contribution in [0.1, 0.15) is 40.4 Å². The number of hydrogen-bond donors (Lipinski definition) is 0. The predicted molar refractivity (Wildman–Crippen MR) is 133 cm³/mol. The van der Waals surface area contributed by atoms with Crippen molar-refractivity contribution in [1.82, 2.24) is 4.90 Å². The molecule has 5 nitrogen and oxygen atoms in total. The highest BCUT2D eigenvalue weighted by atomic mass is 16.6. The minimum atomic E-state index is -0.360. The summed E-state index contributed by atoms with van der Waals surface area (Å²) in [5.41, 5.74) is 5.68. The SMILES string of the molecule is O=[N+]([O-])c1ccc(C2=N[C@@H](c3ccccc3)[C@H](c3ccccc3)N3[C@H]2[C@H]3c2ccccc2)cc1. The van der Waals surface area contributed by atoms with Gasteiger partial charge in [-0.3, -0.25) is 20.0 Å². The molecule has 0 radical (unpaired) electrons. The second kappa shape index (κ2) is 8.36. The zero-order chi connectivity index (χ0) is 23.1. The van der Waals surface area contributed by atoms with E-state index < -0.39 is 0 Å². The summed E-state index contributed by atoms with van der Waals surface area (Å²) in [6, 6.07) is 38.7. The van der Waals surface area contributed by atoms with E-state index in [4.69, 9.17) is 4.99 Å². The summed E-state index contributed by atoms with van der Waals surface area (Å²) in [7, 11) is 0. The molecule has 4 aromatic rings. The molecular weight excluding hydrogens is 422 g/mol. The maximum absolute atomic E-state index is 11.2. The maximum atomic E-state index is 11.2. The van der Waals surface area contributed by atoms with Gasteiger partial charge in [-0.15, -0.1) is 0 Å². The van der Waals surface area contributed by atoms with Crippen molar-refractivity contribution >= 4 is 11.4 Å². The first-order valence-corrected chi connectivity index (χ1v) is 11.5. The molecule has 4 aromatic carbocycles. The van der Waals surface area contributed by atoms with Gasteiger partial charge in [-0.2, -0.15) is 0 Å². The summed E-state index contributed by atoms with van der Waals surface area (Å²) in [4.78, 5) is 18.7. The summed E-state index contributed by atoms with van der Waals surface area (Å²) in [6.07, 6.45) is 0. The molecule has 5 atom stereocenters. The van der Waals surface area contributed by atoms with Crippen molar-refractivity contribution in [3.8, 4) is 0 Å². The summed E-state index contributed by atoms with van der Waals surface area (Å²) in [6.45, 7) is 0. The average molecular weight is 446 g/mol. The third-order valence-electron chi connectivity index (χ3n) is 6.83. The highest BCUT2D eigenvalue weighted by Gasteiger charge is 2.59. The van der Waals surface area contributed by atoms with E-state index >= 15 is 0 Å². The second-order valence-corrected chi connectivity index (χ2v) is 8.78. The zero-order valence-electron chi connectivity index (χ0n) is 18.4. The fourth-order valence-corrected chi connectivity index (χ4v) is 5.26. The molecule has 0 spiro atoms. The minimum Gasteiger partial charge on any atom is -0.277 e. The molecular formula is C29H23N3O2. The van der Waals surface area contributed by atoms with Gasteiger partial charge in [0.1, 0.15) is 0 Å². The topological polar surface area (TPSA) is 58.5 Å². The number of aliphatic imine (C=N–C) groups is 1. The molecule has 0 bridgehead atoms. The maximum Gasteiger partial charge on any atom is 0.269 e. The summed E-state index contributed by atoms with van der Waals surface area (Å²) in [5.74, 6) is 0. The summed E-state index contributed by atoms with van der Waals surface area (Å²) in [5, 5.41) is 11.2. The zero-order valence-corrected chi connectivity index (χ0v) is 18.4. The van der Waals surface area contributed by atoms with Crippen LogP contribution in [0.15, 0.2) is 120 Å². The Morgan fingerprint density at radius 3 is 1.65 bits per heavy atom. The number of nitro groups is 1. The van der Waals surface area contributed by atoms with Crippen LogP contribution in [-0.2, 0) is 0 Å². The van der Waals surface area contributed by atoms with Gasteiger partial charge in [0, 0.05) is 12.1 Å². The van der Waals surface area contributed by atoms with Crippen LogP contribution in [0.3, 0.4) is 0 Å². The predicted octanol–water partition coefficient (Wildman–Crippen LogP) is 6.31. The molecule has 2 heterocycles. The van der Waals surface area contributed by atoms with Crippen molar-refractivity contribution in [2.24, 2.45) is 4.99 Å². The fourth-order valence-electron chi connectivity index (χ4n) is 5.26. The quantitative estimate of drug-likeness (QED) is 0.206. The van der Waals surface area contributed by atoms with E-state index in [0.29, 0.717) is 0 Å². The van der Waals surface area contributed by atoms with Crippen molar-refractivity contribution in [1.29, 1.82) is 0 Å². The van der Waals surface area contributed by atoms with Gasteiger partial charge in [0.25, 0.3) is 5.69 Å². The monoisotopic (exact) mass is 445 g/mol. The fraction of sp³-hybridized carbons (Fsp3) is 0.138. The molecule has 1 saturated heterocycles. The van der Waals surface area contributed by atoms with Crippen LogP contribution in [0.5, 0.6) is 0 Å². The molecule has 1 unspecified atom stereocenters. The van der Waals surface area contributed by atoms with Crippen LogP contribution in [0.25, 0.3) is 0 Å². The van der Waals surface area contributed by atoms with Gasteiger partial charge in [0.15, 0.2) is 0 Å². The molecule has 0 N–H and O–H groups in total. The summed E-state index contributed by atoms with van der Waals surface area (Å²) < 4.78 is 0. The number of nitro benzene ring substituents is 1. The van der Waals surface area contributed by atoms with Crippen molar-refractivity contribution in [2.45, 2.75) is 24.2 Å². The van der Waals surface area contributed by atoms with Gasteiger partial charge >= 0.3 is 0 Å². The smallest absolute Gasteiger partial charge is 0.269 e. The number of fused-ring (bicyclic) bond motifs is 1. The van der Waals surface area contributed by atoms with E-state index in [1.165, 1.54) is 11.1 Å². The lowest BCUT2D eigenvalue weighted by atomic mass is 9.91. The molecule has 0 aliphatic carbocycles. The third kappa shape index (κ3) is 3.51. The Morgan fingerprint density at radius 2 is 1.12 bits per heavy atom. The largest absolute Gasteiger partial charge is 0.277 e. The molecule has 0 amide bonds. The number of hydrogen-bond acceptors (Lipinski definition) is 4. The Balaban J connectivity index is 1.51. The van der Waals surface area contributed by atoms with Crippen molar-refractivity contribution in [3.63, 3.8) is 0 Å². The van der Waals surface area contributed by atoms with E-state index in [1.807, 2.05) is 30.3 Å².